The molecule has 0 aromatic heterocycles. The Bertz CT molecular complexity index is 1540. The van der Waals surface area contributed by atoms with Gasteiger partial charge in [-0.15, -0.1) is 0 Å². The van der Waals surface area contributed by atoms with Crippen LogP contribution in [0.3, 0.4) is 0 Å². The van der Waals surface area contributed by atoms with Gasteiger partial charge in [-0.05, 0) is 128 Å². The van der Waals surface area contributed by atoms with E-state index in [4.69, 9.17) is 14.2 Å². The minimum absolute atomic E-state index is 0.0983. The molecule has 6 heteroatoms. The zero-order chi connectivity index (χ0) is 52.9. The Balaban J connectivity index is 4.45. The third-order valence-electron chi connectivity index (χ3n) is 12.4. The van der Waals surface area contributed by atoms with Gasteiger partial charge < -0.3 is 14.2 Å². The van der Waals surface area contributed by atoms with E-state index in [0.717, 1.165) is 148 Å². The van der Waals surface area contributed by atoms with Gasteiger partial charge in [-0.2, -0.15) is 0 Å². The molecule has 0 aromatic carbocycles. The maximum atomic E-state index is 12.9. The standard InChI is InChI=1S/C67H110O6/c1-4-7-10-13-16-19-22-25-28-30-31-32-33-34-35-37-39-42-45-48-51-54-57-60-66(69)72-63-64(62-71-65(68)59-56-53-50-47-44-41-38-27-24-21-18-15-12-9-6-3)73-67(70)61-58-55-52-49-46-43-40-36-29-26-23-20-17-14-11-8-5-2/h7-8,10-11,16-17,19-20,25-29,31-32,34-35,38,40,43,64H,4-6,9,12-15,18,21-24,30,33,36-37,39,41-42,44-63H2,1-3H3/b10-7-,11-8-,19-16-,20-17-,28-25-,29-26-,32-31-,35-34-,38-27-,43-40-. The van der Waals surface area contributed by atoms with Gasteiger partial charge in [0.25, 0.3) is 0 Å². The van der Waals surface area contributed by atoms with Gasteiger partial charge in [0.1, 0.15) is 13.2 Å². The maximum Gasteiger partial charge on any atom is 0.306 e. The van der Waals surface area contributed by atoms with Crippen molar-refractivity contribution in [3.05, 3.63) is 122 Å². The molecule has 6 nitrogen and oxygen atoms in total. The van der Waals surface area contributed by atoms with Crippen LogP contribution in [0.2, 0.25) is 0 Å². The fraction of sp³-hybridized carbons (Fsp3) is 0.657. The van der Waals surface area contributed by atoms with Gasteiger partial charge in [-0.3, -0.25) is 14.4 Å². The zero-order valence-electron chi connectivity index (χ0n) is 47.4. The molecule has 0 fully saturated rings. The smallest absolute Gasteiger partial charge is 0.306 e. The van der Waals surface area contributed by atoms with Crippen LogP contribution in [0.25, 0.3) is 0 Å². The minimum Gasteiger partial charge on any atom is -0.462 e. The van der Waals surface area contributed by atoms with E-state index in [1.807, 2.05) is 0 Å². The number of unbranched alkanes of at least 4 members (excludes halogenated alkanes) is 22. The van der Waals surface area contributed by atoms with Crippen LogP contribution in [0.1, 0.15) is 265 Å². The summed E-state index contributed by atoms with van der Waals surface area (Å²) in [6.45, 7) is 6.38. The summed E-state index contributed by atoms with van der Waals surface area (Å²) < 4.78 is 16.9. The summed E-state index contributed by atoms with van der Waals surface area (Å²) in [6.07, 6.45) is 83.3. The second-order valence-electron chi connectivity index (χ2n) is 19.5. The number of carbonyl (C=O) groups excluding carboxylic acids is 3. The quantitative estimate of drug-likeness (QED) is 0.0261. The molecule has 0 amide bonds. The molecule has 0 aromatic rings. The summed E-state index contributed by atoms with van der Waals surface area (Å²) >= 11 is 0. The van der Waals surface area contributed by atoms with Crippen molar-refractivity contribution >= 4 is 17.9 Å². The summed E-state index contributed by atoms with van der Waals surface area (Å²) in [5, 5.41) is 0. The van der Waals surface area contributed by atoms with E-state index in [2.05, 4.69) is 142 Å². The summed E-state index contributed by atoms with van der Waals surface area (Å²) in [4.78, 5) is 38.2. The maximum absolute atomic E-state index is 12.9. The normalized spacial score (nSPS) is 13.0. The third-order valence-corrected chi connectivity index (χ3v) is 12.4. The number of rotatable bonds is 53. The predicted octanol–water partition coefficient (Wildman–Crippen LogP) is 20.4. The Morgan fingerprint density at radius 3 is 0.849 bits per heavy atom. The Kier molecular flexibility index (Phi) is 56.9. The van der Waals surface area contributed by atoms with Gasteiger partial charge in [-0.25, -0.2) is 0 Å². The van der Waals surface area contributed by atoms with E-state index in [-0.39, 0.29) is 31.1 Å². The molecule has 1 atom stereocenters. The van der Waals surface area contributed by atoms with E-state index < -0.39 is 6.10 Å². The van der Waals surface area contributed by atoms with Crippen LogP contribution in [-0.4, -0.2) is 37.2 Å². The van der Waals surface area contributed by atoms with Gasteiger partial charge in [-0.1, -0.05) is 239 Å². The van der Waals surface area contributed by atoms with Crippen LogP contribution < -0.4 is 0 Å². The Morgan fingerprint density at radius 2 is 0.534 bits per heavy atom. The fourth-order valence-electron chi connectivity index (χ4n) is 7.98. The van der Waals surface area contributed by atoms with Crippen LogP contribution in [0.15, 0.2) is 122 Å². The highest BCUT2D eigenvalue weighted by Gasteiger charge is 2.19. The van der Waals surface area contributed by atoms with Crippen LogP contribution in [-0.2, 0) is 28.6 Å². The van der Waals surface area contributed by atoms with Crippen molar-refractivity contribution < 1.29 is 28.6 Å². The molecule has 0 rings (SSSR count). The summed E-state index contributed by atoms with van der Waals surface area (Å²) in [5.74, 6) is -0.940. The first-order valence-electron chi connectivity index (χ1n) is 30.0. The largest absolute Gasteiger partial charge is 0.462 e. The Hall–Kier alpha value is -4.19. The molecule has 0 radical (unpaired) electrons. The first-order valence-corrected chi connectivity index (χ1v) is 30.0. The molecular weight excluding hydrogens is 901 g/mol. The van der Waals surface area contributed by atoms with Crippen LogP contribution in [0.4, 0.5) is 0 Å². The number of carbonyl (C=O) groups is 3. The minimum atomic E-state index is -0.803. The molecule has 1 unspecified atom stereocenters. The average Bonchev–Trinajstić information content (AvgIpc) is 3.39. The lowest BCUT2D eigenvalue weighted by atomic mass is 10.1. The molecule has 0 aliphatic heterocycles. The molecule has 0 aliphatic rings. The van der Waals surface area contributed by atoms with E-state index in [9.17, 15) is 14.4 Å². The molecule has 0 spiro atoms. The molecule has 0 saturated heterocycles. The number of esters is 3. The second-order valence-corrected chi connectivity index (χ2v) is 19.5. The second kappa shape index (κ2) is 60.4. The molecule has 0 bridgehead atoms. The first kappa shape index (κ1) is 68.8. The lowest BCUT2D eigenvalue weighted by Gasteiger charge is -2.18. The van der Waals surface area contributed by atoms with E-state index >= 15 is 0 Å². The van der Waals surface area contributed by atoms with Gasteiger partial charge in [0.2, 0.25) is 0 Å². The fourth-order valence-corrected chi connectivity index (χ4v) is 7.98. The van der Waals surface area contributed by atoms with Crippen molar-refractivity contribution in [1.82, 2.24) is 0 Å². The van der Waals surface area contributed by atoms with Gasteiger partial charge >= 0.3 is 17.9 Å². The summed E-state index contributed by atoms with van der Waals surface area (Å²) in [6, 6.07) is 0. The SMILES string of the molecule is CC/C=C\C/C=C\C/C=C\C/C=C\C/C=C\CCCCCCCCCC(=O)OCC(COC(=O)CCCCCCC/C=C\CCCCCCCC)OC(=O)CCCCCC/C=C\C/C=C\C/C=C\C/C=C\CC. The number of hydrogen-bond donors (Lipinski definition) is 0. The van der Waals surface area contributed by atoms with Crippen molar-refractivity contribution in [2.45, 2.75) is 271 Å². The first-order chi connectivity index (χ1) is 36.0. The van der Waals surface area contributed by atoms with Crippen LogP contribution in [0.5, 0.6) is 0 Å². The summed E-state index contributed by atoms with van der Waals surface area (Å²) in [5.41, 5.74) is 0. The summed E-state index contributed by atoms with van der Waals surface area (Å²) in [7, 11) is 0. The van der Waals surface area contributed by atoms with Crippen LogP contribution in [0, 0.1) is 0 Å². The van der Waals surface area contributed by atoms with Crippen LogP contribution >= 0.6 is 0 Å². The average molecular weight is 1010 g/mol. The molecule has 0 N–H and O–H groups in total. The van der Waals surface area contributed by atoms with Crippen molar-refractivity contribution in [2.75, 3.05) is 13.2 Å². The lowest BCUT2D eigenvalue weighted by Crippen LogP contribution is -2.30. The molecule has 0 aliphatic carbocycles. The number of hydrogen-bond acceptors (Lipinski definition) is 6. The van der Waals surface area contributed by atoms with Crippen molar-refractivity contribution in [3.63, 3.8) is 0 Å². The monoisotopic (exact) mass is 1010 g/mol. The zero-order valence-corrected chi connectivity index (χ0v) is 47.4. The molecule has 0 saturated carbocycles. The highest BCUT2D eigenvalue weighted by Crippen LogP contribution is 2.14. The topological polar surface area (TPSA) is 78.9 Å². The van der Waals surface area contributed by atoms with E-state index in [1.165, 1.54) is 77.0 Å². The predicted molar refractivity (Wildman–Crippen MR) is 316 cm³/mol. The highest BCUT2D eigenvalue weighted by molar-refractivity contribution is 5.71. The van der Waals surface area contributed by atoms with Gasteiger partial charge in [0, 0.05) is 19.3 Å². The molecule has 414 valence electrons. The van der Waals surface area contributed by atoms with Crippen molar-refractivity contribution in [2.24, 2.45) is 0 Å². The van der Waals surface area contributed by atoms with E-state index in [1.54, 1.807) is 0 Å². The lowest BCUT2D eigenvalue weighted by molar-refractivity contribution is -0.167. The third kappa shape index (κ3) is 58.6. The number of allylic oxidation sites excluding steroid dienone is 20. The van der Waals surface area contributed by atoms with Gasteiger partial charge in [0.15, 0.2) is 6.10 Å². The van der Waals surface area contributed by atoms with E-state index in [0.29, 0.717) is 19.3 Å². The van der Waals surface area contributed by atoms with Crippen molar-refractivity contribution in [3.8, 4) is 0 Å². The molecule has 73 heavy (non-hydrogen) atoms. The molecule has 0 heterocycles. The highest BCUT2D eigenvalue weighted by atomic mass is 16.6. The molecular formula is C67H110O6. The Labute approximate surface area is 450 Å². The van der Waals surface area contributed by atoms with Crippen molar-refractivity contribution in [1.29, 1.82) is 0 Å². The number of ether oxygens (including phenoxy) is 3. The van der Waals surface area contributed by atoms with Gasteiger partial charge in [0.05, 0.1) is 0 Å². The Morgan fingerprint density at radius 1 is 0.288 bits per heavy atom.